The predicted octanol–water partition coefficient (Wildman–Crippen LogP) is 13.4. The van der Waals surface area contributed by atoms with Gasteiger partial charge in [-0.05, 0) is 83.1 Å². The third-order valence-corrected chi connectivity index (χ3v) is 8.20. The van der Waals surface area contributed by atoms with Crippen LogP contribution in [0.15, 0.2) is 48.6 Å². The zero-order valence-corrected chi connectivity index (χ0v) is 27.6. The van der Waals surface area contributed by atoms with Crippen molar-refractivity contribution in [2.75, 3.05) is 6.54 Å². The van der Waals surface area contributed by atoms with Crippen LogP contribution in [-0.2, 0) is 0 Å². The van der Waals surface area contributed by atoms with E-state index in [2.05, 4.69) is 62.5 Å². The van der Waals surface area contributed by atoms with Crippen LogP contribution in [0.5, 0.6) is 0 Å². The largest absolute Gasteiger partial charge is 0.330 e. The van der Waals surface area contributed by atoms with Crippen molar-refractivity contribution < 1.29 is 0 Å². The summed E-state index contributed by atoms with van der Waals surface area (Å²) in [5.74, 6) is 0.877. The molecule has 234 valence electrons. The first-order valence-electron chi connectivity index (χ1n) is 18.1. The molecule has 0 aromatic rings. The molecule has 0 rings (SSSR count). The van der Waals surface area contributed by atoms with Gasteiger partial charge in [-0.25, -0.2) is 0 Å². The van der Waals surface area contributed by atoms with Crippen LogP contribution in [0.4, 0.5) is 0 Å². The lowest BCUT2D eigenvalue weighted by Gasteiger charge is -2.16. The molecule has 0 bridgehead atoms. The summed E-state index contributed by atoms with van der Waals surface area (Å²) < 4.78 is 0. The van der Waals surface area contributed by atoms with Crippen molar-refractivity contribution >= 4 is 0 Å². The maximum absolute atomic E-state index is 5.93. The number of rotatable bonds is 32. The van der Waals surface area contributed by atoms with Crippen molar-refractivity contribution in [3.8, 4) is 0 Å². The molecule has 2 N–H and O–H groups in total. The first-order chi connectivity index (χ1) is 19.8. The molecule has 1 heteroatoms. The molecule has 0 saturated carbocycles. The van der Waals surface area contributed by atoms with Crippen molar-refractivity contribution in [1.29, 1.82) is 0 Å². The SMILES string of the molecule is CCCCC/C=C\C/C=C\CCCCCCCCC(CCN)CCCCCCCC/C=C\C/C=C\CCCCC. The molecule has 0 aliphatic carbocycles. The monoisotopic (exact) mass is 556 g/mol. The van der Waals surface area contributed by atoms with E-state index in [4.69, 9.17) is 5.73 Å². The second kappa shape index (κ2) is 35.9. The standard InChI is InChI=1S/C39H73N/c1-3-5-7-9-11-13-15-17-19-21-23-25-27-29-31-33-35-39(37-38-40)36-34-32-30-28-26-24-22-20-18-16-14-12-10-8-6-4-2/h11-14,17-20,39H,3-10,15-16,21-38,40H2,1-2H3/b13-11-,14-12-,19-17-,20-18-. The predicted molar refractivity (Wildman–Crippen MR) is 185 cm³/mol. The van der Waals surface area contributed by atoms with E-state index in [1.807, 2.05) is 0 Å². The summed E-state index contributed by atoms with van der Waals surface area (Å²) in [5, 5.41) is 0. The average Bonchev–Trinajstić information content (AvgIpc) is 2.96. The van der Waals surface area contributed by atoms with Gasteiger partial charge < -0.3 is 5.73 Å². The molecule has 1 nitrogen and oxygen atoms in total. The average molecular weight is 556 g/mol. The first-order valence-corrected chi connectivity index (χ1v) is 18.1. The van der Waals surface area contributed by atoms with Crippen molar-refractivity contribution in [2.24, 2.45) is 11.7 Å². The summed E-state index contributed by atoms with van der Waals surface area (Å²) in [4.78, 5) is 0. The molecule has 0 aromatic carbocycles. The van der Waals surface area contributed by atoms with Crippen LogP contribution in [0.1, 0.15) is 187 Å². The number of allylic oxidation sites excluding steroid dienone is 8. The fourth-order valence-electron chi connectivity index (χ4n) is 5.51. The van der Waals surface area contributed by atoms with Gasteiger partial charge in [0.15, 0.2) is 0 Å². The molecule has 0 aliphatic heterocycles. The fourth-order valence-corrected chi connectivity index (χ4v) is 5.51. The summed E-state index contributed by atoms with van der Waals surface area (Å²) in [6.07, 6.45) is 55.1. The first kappa shape index (κ1) is 38.9. The highest BCUT2D eigenvalue weighted by Crippen LogP contribution is 2.22. The number of hydrogen-bond acceptors (Lipinski definition) is 1. The molecule has 0 aromatic heterocycles. The Morgan fingerprint density at radius 3 is 1.05 bits per heavy atom. The summed E-state index contributed by atoms with van der Waals surface area (Å²) in [6.45, 7) is 5.41. The molecule has 0 radical (unpaired) electrons. The second-order valence-corrected chi connectivity index (χ2v) is 12.2. The topological polar surface area (TPSA) is 26.0 Å². The normalized spacial score (nSPS) is 12.5. The summed E-state index contributed by atoms with van der Waals surface area (Å²) >= 11 is 0. The van der Waals surface area contributed by atoms with Crippen LogP contribution in [0, 0.1) is 5.92 Å². The maximum Gasteiger partial charge on any atom is -0.00746 e. The maximum atomic E-state index is 5.93. The Bertz CT molecular complexity index is 521. The van der Waals surface area contributed by atoms with Crippen LogP contribution >= 0.6 is 0 Å². The van der Waals surface area contributed by atoms with Gasteiger partial charge in [0.2, 0.25) is 0 Å². The Hall–Kier alpha value is -1.08. The lowest BCUT2D eigenvalue weighted by Crippen LogP contribution is -2.09. The molecule has 0 fully saturated rings. The quantitative estimate of drug-likeness (QED) is 0.0648. The van der Waals surface area contributed by atoms with Gasteiger partial charge in [-0.1, -0.05) is 165 Å². The van der Waals surface area contributed by atoms with Crippen LogP contribution in [0.2, 0.25) is 0 Å². The smallest absolute Gasteiger partial charge is 0.00746 e. The van der Waals surface area contributed by atoms with E-state index in [9.17, 15) is 0 Å². The lowest BCUT2D eigenvalue weighted by atomic mass is 9.91. The van der Waals surface area contributed by atoms with Gasteiger partial charge in [-0.3, -0.25) is 0 Å². The van der Waals surface area contributed by atoms with E-state index < -0.39 is 0 Å². The van der Waals surface area contributed by atoms with Gasteiger partial charge in [-0.15, -0.1) is 0 Å². The van der Waals surface area contributed by atoms with E-state index in [1.54, 1.807) is 0 Å². The summed E-state index contributed by atoms with van der Waals surface area (Å²) in [5.41, 5.74) is 5.93. The molecule has 0 spiro atoms. The minimum absolute atomic E-state index is 0.870. The molecular formula is C39H73N. The number of hydrogen-bond donors (Lipinski definition) is 1. The van der Waals surface area contributed by atoms with E-state index in [-0.39, 0.29) is 0 Å². The van der Waals surface area contributed by atoms with E-state index >= 15 is 0 Å². The van der Waals surface area contributed by atoms with Gasteiger partial charge in [0.1, 0.15) is 0 Å². The Labute approximate surface area is 253 Å². The zero-order chi connectivity index (χ0) is 29.0. The van der Waals surface area contributed by atoms with E-state index in [0.717, 1.165) is 25.3 Å². The van der Waals surface area contributed by atoms with Crippen molar-refractivity contribution in [1.82, 2.24) is 0 Å². The summed E-state index contributed by atoms with van der Waals surface area (Å²) in [6, 6.07) is 0. The van der Waals surface area contributed by atoms with Gasteiger partial charge in [0.05, 0.1) is 0 Å². The molecule has 0 aliphatic rings. The van der Waals surface area contributed by atoms with Crippen LogP contribution < -0.4 is 5.73 Å². The van der Waals surface area contributed by atoms with Crippen LogP contribution in [0.3, 0.4) is 0 Å². The minimum Gasteiger partial charge on any atom is -0.330 e. The highest BCUT2D eigenvalue weighted by molar-refractivity contribution is 4.93. The fraction of sp³-hybridized carbons (Fsp3) is 0.795. The Morgan fingerprint density at radius 1 is 0.375 bits per heavy atom. The summed E-state index contributed by atoms with van der Waals surface area (Å²) in [7, 11) is 0. The van der Waals surface area contributed by atoms with Gasteiger partial charge >= 0.3 is 0 Å². The van der Waals surface area contributed by atoms with Crippen molar-refractivity contribution in [3.05, 3.63) is 48.6 Å². The Balaban J connectivity index is 3.51. The van der Waals surface area contributed by atoms with E-state index in [0.29, 0.717) is 0 Å². The van der Waals surface area contributed by atoms with Gasteiger partial charge in [0, 0.05) is 0 Å². The molecule has 0 saturated heterocycles. The van der Waals surface area contributed by atoms with Crippen LogP contribution in [0.25, 0.3) is 0 Å². The highest BCUT2D eigenvalue weighted by Gasteiger charge is 2.07. The van der Waals surface area contributed by atoms with Crippen molar-refractivity contribution in [3.63, 3.8) is 0 Å². The second-order valence-electron chi connectivity index (χ2n) is 12.2. The minimum atomic E-state index is 0.870. The Morgan fingerprint density at radius 2 is 0.700 bits per heavy atom. The third kappa shape index (κ3) is 33.1. The van der Waals surface area contributed by atoms with Crippen molar-refractivity contribution in [2.45, 2.75) is 187 Å². The van der Waals surface area contributed by atoms with Crippen LogP contribution in [-0.4, -0.2) is 6.54 Å². The molecule has 0 amide bonds. The molecule has 0 atom stereocenters. The Kier molecular flexibility index (Phi) is 35.0. The molecule has 0 unspecified atom stereocenters. The van der Waals surface area contributed by atoms with Gasteiger partial charge in [0.25, 0.3) is 0 Å². The molecule has 0 heterocycles. The lowest BCUT2D eigenvalue weighted by molar-refractivity contribution is 0.384. The zero-order valence-electron chi connectivity index (χ0n) is 27.6. The number of unbranched alkanes of at least 4 members (excludes halogenated alkanes) is 18. The highest BCUT2D eigenvalue weighted by atomic mass is 14.5. The third-order valence-electron chi connectivity index (χ3n) is 8.20. The van der Waals surface area contributed by atoms with Gasteiger partial charge in [-0.2, -0.15) is 0 Å². The molecular weight excluding hydrogens is 482 g/mol. The molecule has 40 heavy (non-hydrogen) atoms. The van der Waals surface area contributed by atoms with E-state index in [1.165, 1.54) is 161 Å². The number of nitrogens with two attached hydrogens (primary N) is 1.